The molecule has 0 unspecified atom stereocenters. The van der Waals surface area contributed by atoms with Crippen molar-refractivity contribution in [3.63, 3.8) is 0 Å². The predicted octanol–water partition coefficient (Wildman–Crippen LogP) is -0.120. The van der Waals surface area contributed by atoms with Crippen LogP contribution in [0.2, 0.25) is 0 Å². The van der Waals surface area contributed by atoms with Crippen molar-refractivity contribution in [3.05, 3.63) is 0 Å². The van der Waals surface area contributed by atoms with Crippen molar-refractivity contribution in [3.8, 4) is 0 Å². The monoisotopic (exact) mass is 173 g/mol. The molecule has 0 aliphatic carbocycles. The fourth-order valence-corrected chi connectivity index (χ4v) is 1.23. The minimum absolute atomic E-state index is 0.177. The van der Waals surface area contributed by atoms with Crippen molar-refractivity contribution in [2.45, 2.75) is 13.0 Å². The summed E-state index contributed by atoms with van der Waals surface area (Å²) in [6.45, 7) is 4.65. The van der Waals surface area contributed by atoms with Gasteiger partial charge in [0.25, 0.3) is 0 Å². The lowest BCUT2D eigenvalue weighted by Gasteiger charge is -2.31. The van der Waals surface area contributed by atoms with Crippen LogP contribution < -0.4 is 0 Å². The molecule has 0 aromatic rings. The highest BCUT2D eigenvalue weighted by molar-refractivity contribution is 5.71. The first-order valence-corrected chi connectivity index (χ1v) is 4.12. The van der Waals surface area contributed by atoms with E-state index in [1.807, 2.05) is 6.92 Å². The Morgan fingerprint density at radius 2 is 2.50 bits per heavy atom. The number of hydrogen-bond acceptors (Lipinski definition) is 4. The minimum Gasteiger partial charge on any atom is -0.468 e. The van der Waals surface area contributed by atoms with E-state index in [-0.39, 0.29) is 5.97 Å². The van der Waals surface area contributed by atoms with Gasteiger partial charge >= 0.3 is 5.97 Å². The smallest absolute Gasteiger partial charge is 0.319 e. The lowest BCUT2D eigenvalue weighted by Crippen LogP contribution is -2.46. The van der Waals surface area contributed by atoms with Gasteiger partial charge in [0.15, 0.2) is 0 Å². The summed E-state index contributed by atoms with van der Waals surface area (Å²) in [6.07, 6.45) is 0. The molecule has 4 nitrogen and oxygen atoms in total. The minimum atomic E-state index is -0.177. The predicted molar refractivity (Wildman–Crippen MR) is 43.9 cm³/mol. The zero-order chi connectivity index (χ0) is 8.97. The van der Waals surface area contributed by atoms with E-state index in [0.29, 0.717) is 25.8 Å². The summed E-state index contributed by atoms with van der Waals surface area (Å²) >= 11 is 0. The van der Waals surface area contributed by atoms with Gasteiger partial charge in [0, 0.05) is 12.6 Å². The number of methoxy groups -OCH3 is 1. The quantitative estimate of drug-likeness (QED) is 0.546. The first-order chi connectivity index (χ1) is 5.74. The second-order valence-corrected chi connectivity index (χ2v) is 2.97. The van der Waals surface area contributed by atoms with E-state index >= 15 is 0 Å². The largest absolute Gasteiger partial charge is 0.468 e. The molecule has 0 aromatic heterocycles. The Labute approximate surface area is 72.4 Å². The maximum Gasteiger partial charge on any atom is 0.319 e. The van der Waals surface area contributed by atoms with Gasteiger partial charge in [-0.15, -0.1) is 0 Å². The molecule has 0 radical (unpaired) electrons. The summed E-state index contributed by atoms with van der Waals surface area (Å²) in [4.78, 5) is 13.0. The molecule has 70 valence electrons. The fourth-order valence-electron chi connectivity index (χ4n) is 1.23. The van der Waals surface area contributed by atoms with Crippen molar-refractivity contribution in [1.82, 2.24) is 4.90 Å². The van der Waals surface area contributed by atoms with Gasteiger partial charge in [-0.05, 0) is 6.92 Å². The number of nitrogens with zero attached hydrogens (tertiary/aromatic N) is 1. The number of rotatable bonds is 2. The zero-order valence-electron chi connectivity index (χ0n) is 7.58. The Morgan fingerprint density at radius 3 is 3.08 bits per heavy atom. The SMILES string of the molecule is COC(=O)CN1CCOC[C@H]1C. The van der Waals surface area contributed by atoms with Crippen LogP contribution in [0.3, 0.4) is 0 Å². The van der Waals surface area contributed by atoms with Crippen LogP contribution in [-0.2, 0) is 14.3 Å². The van der Waals surface area contributed by atoms with Crippen LogP contribution >= 0.6 is 0 Å². The first kappa shape index (κ1) is 9.48. The van der Waals surface area contributed by atoms with Crippen molar-refractivity contribution < 1.29 is 14.3 Å². The third-order valence-electron chi connectivity index (χ3n) is 2.07. The molecule has 1 aliphatic rings. The fraction of sp³-hybridized carbons (Fsp3) is 0.875. The highest BCUT2D eigenvalue weighted by atomic mass is 16.5. The van der Waals surface area contributed by atoms with Gasteiger partial charge in [-0.2, -0.15) is 0 Å². The zero-order valence-corrected chi connectivity index (χ0v) is 7.58. The standard InChI is InChI=1S/C8H15NO3/c1-7-6-12-4-3-9(7)5-8(10)11-2/h7H,3-6H2,1-2H3/t7-/m1/s1. The molecule has 4 heteroatoms. The third-order valence-corrected chi connectivity index (χ3v) is 2.07. The molecular formula is C8H15NO3. The summed E-state index contributed by atoms with van der Waals surface area (Å²) in [5.41, 5.74) is 0. The van der Waals surface area contributed by atoms with Gasteiger partial charge in [0.2, 0.25) is 0 Å². The highest BCUT2D eigenvalue weighted by Crippen LogP contribution is 2.05. The molecule has 0 aromatic carbocycles. The van der Waals surface area contributed by atoms with Crippen molar-refractivity contribution in [1.29, 1.82) is 0 Å². The highest BCUT2D eigenvalue weighted by Gasteiger charge is 2.20. The molecule has 0 spiro atoms. The van der Waals surface area contributed by atoms with Gasteiger partial charge in [0.1, 0.15) is 0 Å². The molecule has 1 rings (SSSR count). The summed E-state index contributed by atoms with van der Waals surface area (Å²) in [6, 6.07) is 0.317. The van der Waals surface area contributed by atoms with E-state index in [2.05, 4.69) is 9.64 Å². The Bertz CT molecular complexity index is 160. The van der Waals surface area contributed by atoms with Crippen LogP contribution in [0.4, 0.5) is 0 Å². The molecule has 1 fully saturated rings. The molecule has 1 saturated heterocycles. The Hall–Kier alpha value is -0.610. The van der Waals surface area contributed by atoms with Gasteiger partial charge < -0.3 is 9.47 Å². The van der Waals surface area contributed by atoms with Crippen LogP contribution in [0.25, 0.3) is 0 Å². The van der Waals surface area contributed by atoms with Crippen LogP contribution in [0.15, 0.2) is 0 Å². The van der Waals surface area contributed by atoms with E-state index in [1.54, 1.807) is 0 Å². The molecule has 1 atom stereocenters. The number of esters is 1. The Morgan fingerprint density at radius 1 is 1.75 bits per heavy atom. The Kier molecular flexibility index (Phi) is 3.49. The third kappa shape index (κ3) is 2.46. The molecule has 0 saturated carbocycles. The number of hydrogen-bond donors (Lipinski definition) is 0. The molecule has 0 amide bonds. The second-order valence-electron chi connectivity index (χ2n) is 2.97. The first-order valence-electron chi connectivity index (χ1n) is 4.12. The number of morpholine rings is 1. The van der Waals surface area contributed by atoms with Gasteiger partial charge in [0.05, 0.1) is 26.9 Å². The second kappa shape index (κ2) is 4.42. The molecule has 0 bridgehead atoms. The van der Waals surface area contributed by atoms with E-state index in [1.165, 1.54) is 7.11 Å². The van der Waals surface area contributed by atoms with Crippen LogP contribution in [-0.4, -0.2) is 50.3 Å². The lowest BCUT2D eigenvalue weighted by molar-refractivity contribution is -0.144. The molecular weight excluding hydrogens is 158 g/mol. The van der Waals surface area contributed by atoms with Gasteiger partial charge in [-0.25, -0.2) is 0 Å². The number of ether oxygens (including phenoxy) is 2. The number of carbonyl (C=O) groups excluding carboxylic acids is 1. The topological polar surface area (TPSA) is 38.8 Å². The maximum atomic E-state index is 10.9. The van der Waals surface area contributed by atoms with E-state index in [9.17, 15) is 4.79 Å². The summed E-state index contributed by atoms with van der Waals surface area (Å²) in [5.74, 6) is -0.177. The Balaban J connectivity index is 2.33. The van der Waals surface area contributed by atoms with Crippen molar-refractivity contribution >= 4 is 5.97 Å². The van der Waals surface area contributed by atoms with Crippen LogP contribution in [0.5, 0.6) is 0 Å². The average molecular weight is 173 g/mol. The average Bonchev–Trinajstić information content (AvgIpc) is 2.09. The molecule has 0 N–H and O–H groups in total. The maximum absolute atomic E-state index is 10.9. The van der Waals surface area contributed by atoms with E-state index in [4.69, 9.17) is 4.74 Å². The van der Waals surface area contributed by atoms with Gasteiger partial charge in [-0.1, -0.05) is 0 Å². The van der Waals surface area contributed by atoms with Crippen LogP contribution in [0.1, 0.15) is 6.92 Å². The molecule has 1 aliphatic heterocycles. The van der Waals surface area contributed by atoms with Gasteiger partial charge in [-0.3, -0.25) is 9.69 Å². The normalized spacial score (nSPS) is 25.3. The summed E-state index contributed by atoms with van der Waals surface area (Å²) in [5, 5.41) is 0. The molecule has 12 heavy (non-hydrogen) atoms. The lowest BCUT2D eigenvalue weighted by atomic mass is 10.2. The summed E-state index contributed by atoms with van der Waals surface area (Å²) < 4.78 is 9.81. The molecule has 1 heterocycles. The van der Waals surface area contributed by atoms with Crippen LogP contribution in [0, 0.1) is 0 Å². The van der Waals surface area contributed by atoms with Crippen molar-refractivity contribution in [2.75, 3.05) is 33.4 Å². The van der Waals surface area contributed by atoms with E-state index in [0.717, 1.165) is 6.54 Å². The summed E-state index contributed by atoms with van der Waals surface area (Å²) in [7, 11) is 1.41. The van der Waals surface area contributed by atoms with E-state index < -0.39 is 0 Å². The number of carbonyl (C=O) groups is 1. The van der Waals surface area contributed by atoms with Crippen molar-refractivity contribution in [2.24, 2.45) is 0 Å².